The summed E-state index contributed by atoms with van der Waals surface area (Å²) in [5.41, 5.74) is 1.13. The number of nitrogens with one attached hydrogen (secondary N) is 1. The summed E-state index contributed by atoms with van der Waals surface area (Å²) in [5.74, 6) is 0. The van der Waals surface area contributed by atoms with Gasteiger partial charge in [-0.1, -0.05) is 0 Å². The van der Waals surface area contributed by atoms with Crippen molar-refractivity contribution in [2.75, 3.05) is 6.54 Å². The van der Waals surface area contributed by atoms with Crippen molar-refractivity contribution in [2.45, 2.75) is 18.9 Å². The molecule has 1 aliphatic rings. The Morgan fingerprint density at radius 2 is 2.31 bits per heavy atom. The molecule has 1 fully saturated rings. The van der Waals surface area contributed by atoms with E-state index in [1.807, 2.05) is 12.3 Å². The summed E-state index contributed by atoms with van der Waals surface area (Å²) in [4.78, 5) is 4.40. The van der Waals surface area contributed by atoms with E-state index in [2.05, 4.69) is 42.2 Å². The van der Waals surface area contributed by atoms with E-state index in [-0.39, 0.29) is 0 Å². The van der Waals surface area contributed by atoms with E-state index in [0.29, 0.717) is 6.04 Å². The van der Waals surface area contributed by atoms with Gasteiger partial charge in [0.2, 0.25) is 0 Å². The quantitative estimate of drug-likeness (QED) is 0.862. The van der Waals surface area contributed by atoms with E-state index in [1.165, 1.54) is 12.8 Å². The van der Waals surface area contributed by atoms with Crippen molar-refractivity contribution < 1.29 is 0 Å². The Bertz CT molecular complexity index is 308. The molecule has 0 unspecified atom stereocenters. The van der Waals surface area contributed by atoms with E-state index >= 15 is 0 Å². The molecular weight excluding hydrogens is 296 g/mol. The lowest BCUT2D eigenvalue weighted by molar-refractivity contribution is 0.624. The lowest BCUT2D eigenvalue weighted by atomic mass is 10.1. The molecule has 4 heteroatoms. The maximum absolute atomic E-state index is 4.40. The lowest BCUT2D eigenvalue weighted by Gasteiger charge is -2.11. The van der Waals surface area contributed by atoms with Gasteiger partial charge in [-0.15, -0.1) is 0 Å². The van der Waals surface area contributed by atoms with Crippen LogP contribution in [0.1, 0.15) is 24.6 Å². The third kappa shape index (κ3) is 2.11. The number of hydrogen-bond acceptors (Lipinski definition) is 2. The van der Waals surface area contributed by atoms with E-state index in [4.69, 9.17) is 0 Å². The van der Waals surface area contributed by atoms with Gasteiger partial charge in [-0.2, -0.15) is 0 Å². The highest BCUT2D eigenvalue weighted by atomic mass is 79.9. The second kappa shape index (κ2) is 4.07. The zero-order valence-electron chi connectivity index (χ0n) is 7.06. The third-order valence-electron chi connectivity index (χ3n) is 2.23. The van der Waals surface area contributed by atoms with Crippen LogP contribution in [0.25, 0.3) is 0 Å². The Labute approximate surface area is 94.4 Å². The lowest BCUT2D eigenvalue weighted by Crippen LogP contribution is -2.14. The summed E-state index contributed by atoms with van der Waals surface area (Å²) in [6.45, 7) is 1.11. The van der Waals surface area contributed by atoms with Crippen LogP contribution < -0.4 is 5.32 Å². The first-order chi connectivity index (χ1) is 6.27. The van der Waals surface area contributed by atoms with E-state index in [0.717, 1.165) is 21.2 Å². The maximum atomic E-state index is 4.40. The molecule has 0 aromatic carbocycles. The van der Waals surface area contributed by atoms with Crippen molar-refractivity contribution >= 4 is 31.9 Å². The van der Waals surface area contributed by atoms with E-state index in [1.54, 1.807) is 0 Å². The Balaban J connectivity index is 2.29. The molecule has 1 aromatic rings. The second-order valence-corrected chi connectivity index (χ2v) is 4.94. The average molecular weight is 306 g/mol. The smallest absolute Gasteiger partial charge is 0.0715 e. The third-order valence-corrected chi connectivity index (χ3v) is 3.30. The number of rotatable bonds is 1. The Morgan fingerprint density at radius 1 is 1.46 bits per heavy atom. The van der Waals surface area contributed by atoms with Gasteiger partial charge in [-0.25, -0.2) is 0 Å². The van der Waals surface area contributed by atoms with Crippen LogP contribution in [0, 0.1) is 0 Å². The summed E-state index contributed by atoms with van der Waals surface area (Å²) >= 11 is 6.92. The van der Waals surface area contributed by atoms with Crippen molar-refractivity contribution in [3.63, 3.8) is 0 Å². The molecular formula is C9H10Br2N2. The molecule has 0 radical (unpaired) electrons. The molecule has 0 spiro atoms. The highest BCUT2D eigenvalue weighted by Gasteiger charge is 2.19. The minimum Gasteiger partial charge on any atom is -0.309 e. The summed E-state index contributed by atoms with van der Waals surface area (Å²) in [6, 6.07) is 2.48. The van der Waals surface area contributed by atoms with Crippen molar-refractivity contribution in [3.05, 3.63) is 26.9 Å². The summed E-state index contributed by atoms with van der Waals surface area (Å²) < 4.78 is 2.10. The Hall–Kier alpha value is 0.0700. The topological polar surface area (TPSA) is 24.9 Å². The largest absolute Gasteiger partial charge is 0.309 e. The number of pyridine rings is 1. The highest BCUT2D eigenvalue weighted by Crippen LogP contribution is 2.29. The van der Waals surface area contributed by atoms with Gasteiger partial charge in [0.25, 0.3) is 0 Å². The zero-order valence-corrected chi connectivity index (χ0v) is 10.2. The van der Waals surface area contributed by atoms with Crippen molar-refractivity contribution in [2.24, 2.45) is 0 Å². The monoisotopic (exact) mass is 304 g/mol. The van der Waals surface area contributed by atoms with Crippen LogP contribution in [0.4, 0.5) is 0 Å². The van der Waals surface area contributed by atoms with Crippen molar-refractivity contribution in [1.82, 2.24) is 10.3 Å². The van der Waals surface area contributed by atoms with Crippen LogP contribution in [-0.2, 0) is 0 Å². The molecule has 1 saturated heterocycles. The fraction of sp³-hybridized carbons (Fsp3) is 0.444. The van der Waals surface area contributed by atoms with Gasteiger partial charge in [-0.05, 0) is 57.3 Å². The molecule has 0 amide bonds. The first-order valence-electron chi connectivity index (χ1n) is 4.31. The van der Waals surface area contributed by atoms with Gasteiger partial charge >= 0.3 is 0 Å². The highest BCUT2D eigenvalue weighted by molar-refractivity contribution is 9.11. The van der Waals surface area contributed by atoms with Crippen LogP contribution in [-0.4, -0.2) is 11.5 Å². The first kappa shape index (κ1) is 9.62. The number of halogens is 2. The molecule has 1 aliphatic heterocycles. The SMILES string of the molecule is Brc1cnc([C@@H]2CCCN2)c(Br)c1. The molecule has 2 rings (SSSR count). The number of hydrogen-bond donors (Lipinski definition) is 1. The molecule has 0 aliphatic carbocycles. The first-order valence-corrected chi connectivity index (χ1v) is 5.90. The fourth-order valence-electron chi connectivity index (χ4n) is 1.60. The number of nitrogens with zero attached hydrogens (tertiary/aromatic N) is 1. The fourth-order valence-corrected chi connectivity index (χ4v) is 2.86. The van der Waals surface area contributed by atoms with Crippen LogP contribution in [0.3, 0.4) is 0 Å². The molecule has 1 atom stereocenters. The van der Waals surface area contributed by atoms with Crippen molar-refractivity contribution in [1.29, 1.82) is 0 Å². The summed E-state index contributed by atoms with van der Waals surface area (Å²) in [7, 11) is 0. The second-order valence-electron chi connectivity index (χ2n) is 3.17. The standard InChI is InChI=1S/C9H10Br2N2/c10-6-4-7(11)9(13-5-6)8-2-1-3-12-8/h4-5,8,12H,1-3H2/t8-/m0/s1. The predicted molar refractivity (Wildman–Crippen MR) is 59.6 cm³/mol. The summed E-state index contributed by atoms with van der Waals surface area (Å²) in [6.07, 6.45) is 4.28. The zero-order chi connectivity index (χ0) is 9.26. The molecule has 2 heterocycles. The minimum atomic E-state index is 0.433. The molecule has 70 valence electrons. The molecule has 2 nitrogen and oxygen atoms in total. The van der Waals surface area contributed by atoms with Crippen molar-refractivity contribution in [3.8, 4) is 0 Å². The van der Waals surface area contributed by atoms with Gasteiger partial charge in [0.05, 0.1) is 11.7 Å². The molecule has 1 aromatic heterocycles. The Morgan fingerprint density at radius 3 is 2.92 bits per heavy atom. The Kier molecular flexibility index (Phi) is 3.01. The molecule has 0 saturated carbocycles. The van der Waals surface area contributed by atoms with E-state index < -0.39 is 0 Å². The molecule has 13 heavy (non-hydrogen) atoms. The summed E-state index contributed by atoms with van der Waals surface area (Å²) in [5, 5.41) is 3.43. The molecule has 0 bridgehead atoms. The van der Waals surface area contributed by atoms with Gasteiger partial charge in [0.1, 0.15) is 0 Å². The van der Waals surface area contributed by atoms with Gasteiger partial charge < -0.3 is 5.32 Å². The maximum Gasteiger partial charge on any atom is 0.0715 e. The van der Waals surface area contributed by atoms with Gasteiger partial charge in [0.15, 0.2) is 0 Å². The van der Waals surface area contributed by atoms with Crippen LogP contribution >= 0.6 is 31.9 Å². The van der Waals surface area contributed by atoms with E-state index in [9.17, 15) is 0 Å². The van der Waals surface area contributed by atoms with Crippen LogP contribution in [0.5, 0.6) is 0 Å². The molecule has 1 N–H and O–H groups in total. The predicted octanol–water partition coefficient (Wildman–Crippen LogP) is 3.03. The average Bonchev–Trinajstić information content (AvgIpc) is 2.56. The number of aromatic nitrogens is 1. The minimum absolute atomic E-state index is 0.433. The van der Waals surface area contributed by atoms with Crippen LogP contribution in [0.15, 0.2) is 21.2 Å². The van der Waals surface area contributed by atoms with Crippen LogP contribution in [0.2, 0.25) is 0 Å². The normalized spacial score (nSPS) is 22.2. The van der Waals surface area contributed by atoms with Gasteiger partial charge in [0, 0.05) is 15.1 Å². The van der Waals surface area contributed by atoms with Gasteiger partial charge in [-0.3, -0.25) is 4.98 Å².